The van der Waals surface area contributed by atoms with Crippen LogP contribution in [0.25, 0.3) is 0 Å². The van der Waals surface area contributed by atoms with E-state index in [1.807, 2.05) is 33.8 Å². The summed E-state index contributed by atoms with van der Waals surface area (Å²) in [6.07, 6.45) is 2.48. The van der Waals surface area contributed by atoms with Crippen LogP contribution in [0, 0.1) is 5.92 Å². The normalized spacial score (nSPS) is 16.3. The van der Waals surface area contributed by atoms with Crippen molar-refractivity contribution in [2.24, 2.45) is 5.92 Å². The molecule has 21 heavy (non-hydrogen) atoms. The van der Waals surface area contributed by atoms with Crippen LogP contribution in [0.1, 0.15) is 45.4 Å². The van der Waals surface area contributed by atoms with E-state index in [-0.39, 0.29) is 6.04 Å². The molecule has 120 valence electrons. The number of nitrogens with zero attached hydrogens (tertiary/aromatic N) is 1. The average Bonchev–Trinajstić information content (AvgIpc) is 3.09. The summed E-state index contributed by atoms with van der Waals surface area (Å²) in [4.78, 5) is 1.09. The number of hydrogen-bond donors (Lipinski definition) is 1. The zero-order valence-corrected chi connectivity index (χ0v) is 14.9. The van der Waals surface area contributed by atoms with Gasteiger partial charge in [0.15, 0.2) is 0 Å². The van der Waals surface area contributed by atoms with E-state index >= 15 is 0 Å². The molecule has 1 aliphatic carbocycles. The van der Waals surface area contributed by atoms with Crippen LogP contribution in [-0.2, 0) is 16.6 Å². The Morgan fingerprint density at radius 1 is 1.29 bits per heavy atom. The van der Waals surface area contributed by atoms with Gasteiger partial charge in [0.2, 0.25) is 0 Å². The summed E-state index contributed by atoms with van der Waals surface area (Å²) < 4.78 is 27.7. The predicted octanol–water partition coefficient (Wildman–Crippen LogP) is 3.06. The standard InChI is InChI=1S/C15H26N2O2S2/c1-11(2)10-17(12(3)4)21(18,19)15-8-7-14(20-15)9-16-13-5-6-13/h7-8,11-13,16H,5-6,9-10H2,1-4H3. The Labute approximate surface area is 132 Å². The molecule has 0 aromatic carbocycles. The van der Waals surface area contributed by atoms with E-state index in [2.05, 4.69) is 5.32 Å². The first kappa shape index (κ1) is 16.9. The maximum absolute atomic E-state index is 12.8. The number of rotatable bonds is 8. The monoisotopic (exact) mass is 330 g/mol. The molecule has 0 atom stereocenters. The van der Waals surface area contributed by atoms with E-state index in [0.717, 1.165) is 11.4 Å². The van der Waals surface area contributed by atoms with Crippen molar-refractivity contribution in [3.05, 3.63) is 17.0 Å². The average molecular weight is 331 g/mol. The second-order valence-corrected chi connectivity index (χ2v) is 9.72. The molecule has 1 aliphatic rings. The Morgan fingerprint density at radius 2 is 1.95 bits per heavy atom. The lowest BCUT2D eigenvalue weighted by Crippen LogP contribution is -2.39. The van der Waals surface area contributed by atoms with E-state index in [0.29, 0.717) is 22.7 Å². The Morgan fingerprint density at radius 3 is 2.48 bits per heavy atom. The largest absolute Gasteiger partial charge is 0.309 e. The Kier molecular flexibility index (Phi) is 5.46. The highest BCUT2D eigenvalue weighted by Gasteiger charge is 2.29. The maximum atomic E-state index is 12.8. The van der Waals surface area contributed by atoms with E-state index in [9.17, 15) is 8.42 Å². The van der Waals surface area contributed by atoms with Gasteiger partial charge in [-0.2, -0.15) is 4.31 Å². The van der Waals surface area contributed by atoms with Crippen LogP contribution in [0.3, 0.4) is 0 Å². The van der Waals surface area contributed by atoms with Crippen LogP contribution in [0.15, 0.2) is 16.3 Å². The highest BCUT2D eigenvalue weighted by Crippen LogP contribution is 2.28. The first-order chi connectivity index (χ1) is 9.80. The molecule has 0 amide bonds. The quantitative estimate of drug-likeness (QED) is 0.797. The summed E-state index contributed by atoms with van der Waals surface area (Å²) in [7, 11) is -3.37. The Balaban J connectivity index is 2.12. The van der Waals surface area contributed by atoms with Crippen molar-refractivity contribution in [3.8, 4) is 0 Å². The molecule has 1 saturated carbocycles. The summed E-state index contributed by atoms with van der Waals surface area (Å²) in [6, 6.07) is 4.30. The number of sulfonamides is 1. The molecular weight excluding hydrogens is 304 g/mol. The first-order valence-electron chi connectivity index (χ1n) is 7.64. The second kappa shape index (κ2) is 6.77. The van der Waals surface area contributed by atoms with Gasteiger partial charge in [0, 0.05) is 30.1 Å². The number of hydrogen-bond acceptors (Lipinski definition) is 4. The third-order valence-corrected chi connectivity index (χ3v) is 7.06. The Bertz CT molecular complexity index is 560. The van der Waals surface area contributed by atoms with Crippen LogP contribution in [0.4, 0.5) is 0 Å². The topological polar surface area (TPSA) is 49.4 Å². The molecule has 6 heteroatoms. The van der Waals surface area contributed by atoms with E-state index in [1.165, 1.54) is 24.2 Å². The van der Waals surface area contributed by atoms with E-state index < -0.39 is 10.0 Å². The van der Waals surface area contributed by atoms with Crippen LogP contribution >= 0.6 is 11.3 Å². The summed E-state index contributed by atoms with van der Waals surface area (Å²) in [6.45, 7) is 9.30. The number of thiophene rings is 1. The molecule has 1 fully saturated rings. The van der Waals surface area contributed by atoms with Crippen LogP contribution < -0.4 is 5.32 Å². The van der Waals surface area contributed by atoms with Gasteiger partial charge in [-0.1, -0.05) is 13.8 Å². The van der Waals surface area contributed by atoms with Crippen molar-refractivity contribution in [1.29, 1.82) is 0 Å². The molecule has 0 spiro atoms. The van der Waals surface area contributed by atoms with Gasteiger partial charge < -0.3 is 5.32 Å². The molecule has 0 bridgehead atoms. The van der Waals surface area contributed by atoms with Crippen molar-refractivity contribution >= 4 is 21.4 Å². The smallest absolute Gasteiger partial charge is 0.252 e. The minimum Gasteiger partial charge on any atom is -0.309 e. The van der Waals surface area contributed by atoms with E-state index in [4.69, 9.17) is 0 Å². The van der Waals surface area contributed by atoms with Gasteiger partial charge in [-0.05, 0) is 44.7 Å². The third kappa shape index (κ3) is 4.52. The summed E-state index contributed by atoms with van der Waals surface area (Å²) in [5.41, 5.74) is 0. The van der Waals surface area contributed by atoms with Gasteiger partial charge in [0.25, 0.3) is 10.0 Å². The maximum Gasteiger partial charge on any atom is 0.252 e. The van der Waals surface area contributed by atoms with Crippen molar-refractivity contribution in [3.63, 3.8) is 0 Å². The van der Waals surface area contributed by atoms with Crippen LogP contribution in [0.2, 0.25) is 0 Å². The lowest BCUT2D eigenvalue weighted by molar-refractivity contribution is 0.319. The lowest BCUT2D eigenvalue weighted by atomic mass is 10.2. The first-order valence-corrected chi connectivity index (χ1v) is 9.90. The molecule has 1 aromatic rings. The predicted molar refractivity (Wildman–Crippen MR) is 88.0 cm³/mol. The molecule has 0 unspecified atom stereocenters. The highest BCUT2D eigenvalue weighted by molar-refractivity contribution is 7.91. The fourth-order valence-corrected chi connectivity index (χ4v) is 5.42. The van der Waals surface area contributed by atoms with Crippen molar-refractivity contribution < 1.29 is 8.42 Å². The minimum atomic E-state index is -3.37. The van der Waals surface area contributed by atoms with Crippen molar-refractivity contribution in [2.45, 2.75) is 63.4 Å². The third-order valence-electron chi connectivity index (χ3n) is 3.46. The van der Waals surface area contributed by atoms with Crippen LogP contribution in [0.5, 0.6) is 0 Å². The molecule has 2 rings (SSSR count). The molecule has 1 aromatic heterocycles. The summed E-state index contributed by atoms with van der Waals surface area (Å²) >= 11 is 1.39. The molecule has 0 aliphatic heterocycles. The van der Waals surface area contributed by atoms with Gasteiger partial charge in [0.05, 0.1) is 0 Å². The molecular formula is C15H26N2O2S2. The van der Waals surface area contributed by atoms with Crippen molar-refractivity contribution in [2.75, 3.05) is 6.54 Å². The van der Waals surface area contributed by atoms with Crippen molar-refractivity contribution in [1.82, 2.24) is 9.62 Å². The van der Waals surface area contributed by atoms with E-state index in [1.54, 1.807) is 10.4 Å². The van der Waals surface area contributed by atoms with Gasteiger partial charge in [-0.3, -0.25) is 0 Å². The fraction of sp³-hybridized carbons (Fsp3) is 0.733. The van der Waals surface area contributed by atoms with Gasteiger partial charge in [-0.15, -0.1) is 11.3 Å². The zero-order valence-electron chi connectivity index (χ0n) is 13.3. The van der Waals surface area contributed by atoms with Gasteiger partial charge >= 0.3 is 0 Å². The minimum absolute atomic E-state index is 0.0208. The molecule has 4 nitrogen and oxygen atoms in total. The molecule has 1 heterocycles. The fourth-order valence-electron chi connectivity index (χ4n) is 2.19. The highest BCUT2D eigenvalue weighted by atomic mass is 32.2. The summed E-state index contributed by atoms with van der Waals surface area (Å²) in [5, 5.41) is 3.42. The Hall–Kier alpha value is -0.430. The molecule has 0 saturated heterocycles. The van der Waals surface area contributed by atoms with Gasteiger partial charge in [0.1, 0.15) is 4.21 Å². The summed E-state index contributed by atoms with van der Waals surface area (Å²) in [5.74, 6) is 0.318. The second-order valence-electron chi connectivity index (χ2n) is 6.44. The van der Waals surface area contributed by atoms with Crippen LogP contribution in [-0.4, -0.2) is 31.4 Å². The SMILES string of the molecule is CC(C)CN(C(C)C)S(=O)(=O)c1ccc(CNC2CC2)s1. The van der Waals surface area contributed by atoms with Gasteiger partial charge in [-0.25, -0.2) is 8.42 Å². The number of nitrogens with one attached hydrogen (secondary N) is 1. The molecule has 1 N–H and O–H groups in total. The molecule has 0 radical (unpaired) electrons. The zero-order chi connectivity index (χ0) is 15.6. The lowest BCUT2D eigenvalue weighted by Gasteiger charge is -2.26.